The molecule has 6 nitrogen and oxygen atoms in total. The molecule has 2 aromatic heterocycles. The number of nitrogens with one attached hydrogen (secondary N) is 1. The second-order valence-corrected chi connectivity index (χ2v) is 9.10. The van der Waals surface area contributed by atoms with Crippen LogP contribution in [-0.4, -0.2) is 31.6 Å². The van der Waals surface area contributed by atoms with Crippen LogP contribution in [0.15, 0.2) is 85.3 Å². The number of anilines is 1. The van der Waals surface area contributed by atoms with Gasteiger partial charge in [-0.1, -0.05) is 55.3 Å². The maximum Gasteiger partial charge on any atom is 0.258 e. The molecule has 34 heavy (non-hydrogen) atoms. The van der Waals surface area contributed by atoms with Gasteiger partial charge in [0.1, 0.15) is 11.9 Å². The van der Waals surface area contributed by atoms with Gasteiger partial charge in [0.25, 0.3) is 5.91 Å². The molecular weight excluding hydrogens is 422 g/mol. The largest absolute Gasteiger partial charge is 0.361 e. The molecule has 3 heterocycles. The van der Waals surface area contributed by atoms with E-state index in [1.54, 1.807) is 6.20 Å². The van der Waals surface area contributed by atoms with E-state index in [0.717, 1.165) is 53.8 Å². The van der Waals surface area contributed by atoms with E-state index in [1.807, 2.05) is 65.5 Å². The second-order valence-electron chi connectivity index (χ2n) is 9.10. The molecule has 1 aliphatic carbocycles. The normalized spacial score (nSPS) is 18.1. The SMILES string of the molecule is O=C1c2ccccc2NC(c2cn(Cc3ccccc3)nc2-c2cccnc2)N1C1CCCC1. The Bertz CT molecular complexity index is 1290. The fourth-order valence-electron chi connectivity index (χ4n) is 5.27. The van der Waals surface area contributed by atoms with Crippen LogP contribution in [0.4, 0.5) is 5.69 Å². The van der Waals surface area contributed by atoms with Crippen molar-refractivity contribution >= 4 is 11.6 Å². The molecule has 6 rings (SSSR count). The third-order valence-electron chi connectivity index (χ3n) is 6.89. The minimum atomic E-state index is -0.287. The van der Waals surface area contributed by atoms with Crippen molar-refractivity contribution < 1.29 is 4.79 Å². The van der Waals surface area contributed by atoms with E-state index in [2.05, 4.69) is 33.5 Å². The molecule has 1 unspecified atom stereocenters. The Labute approximate surface area is 199 Å². The summed E-state index contributed by atoms with van der Waals surface area (Å²) in [4.78, 5) is 20.2. The Kier molecular flexibility index (Phi) is 5.34. The summed E-state index contributed by atoms with van der Waals surface area (Å²) >= 11 is 0. The molecule has 1 saturated carbocycles. The molecule has 0 saturated heterocycles. The quantitative estimate of drug-likeness (QED) is 0.437. The number of carbonyl (C=O) groups excluding carboxylic acids is 1. The molecule has 4 aromatic rings. The van der Waals surface area contributed by atoms with Crippen molar-refractivity contribution in [1.29, 1.82) is 0 Å². The summed E-state index contributed by atoms with van der Waals surface area (Å²) in [5.41, 5.74) is 5.60. The van der Waals surface area contributed by atoms with Gasteiger partial charge in [0.2, 0.25) is 0 Å². The number of nitrogens with zero attached hydrogens (tertiary/aromatic N) is 4. The number of carbonyl (C=O) groups is 1. The number of hydrogen-bond acceptors (Lipinski definition) is 4. The summed E-state index contributed by atoms with van der Waals surface area (Å²) < 4.78 is 1.98. The van der Waals surface area contributed by atoms with Crippen molar-refractivity contribution in [2.75, 3.05) is 5.32 Å². The van der Waals surface area contributed by atoms with E-state index < -0.39 is 0 Å². The Morgan fingerprint density at radius 1 is 0.941 bits per heavy atom. The second kappa shape index (κ2) is 8.78. The van der Waals surface area contributed by atoms with Crippen LogP contribution in [-0.2, 0) is 6.54 Å². The van der Waals surface area contributed by atoms with Gasteiger partial charge in [-0.25, -0.2) is 0 Å². The number of fused-ring (bicyclic) bond motifs is 1. The smallest absolute Gasteiger partial charge is 0.258 e. The fraction of sp³-hybridized carbons (Fsp3) is 0.250. The van der Waals surface area contributed by atoms with Crippen molar-refractivity contribution in [1.82, 2.24) is 19.7 Å². The molecule has 0 radical (unpaired) electrons. The maximum atomic E-state index is 13.8. The van der Waals surface area contributed by atoms with Crippen LogP contribution in [0.25, 0.3) is 11.3 Å². The zero-order valence-corrected chi connectivity index (χ0v) is 19.0. The van der Waals surface area contributed by atoms with Crippen LogP contribution in [0, 0.1) is 0 Å². The molecule has 1 amide bonds. The molecule has 1 fully saturated rings. The van der Waals surface area contributed by atoms with E-state index in [0.29, 0.717) is 6.54 Å². The number of hydrogen-bond donors (Lipinski definition) is 1. The first-order valence-electron chi connectivity index (χ1n) is 12.0. The number of pyridine rings is 1. The van der Waals surface area contributed by atoms with Crippen LogP contribution >= 0.6 is 0 Å². The molecule has 1 aliphatic heterocycles. The van der Waals surface area contributed by atoms with Crippen LogP contribution in [0.2, 0.25) is 0 Å². The Morgan fingerprint density at radius 3 is 2.53 bits per heavy atom. The van der Waals surface area contributed by atoms with E-state index >= 15 is 0 Å². The van der Waals surface area contributed by atoms with Gasteiger partial charge >= 0.3 is 0 Å². The number of para-hydroxylation sites is 1. The van der Waals surface area contributed by atoms with Crippen molar-refractivity contribution in [2.45, 2.75) is 44.4 Å². The molecule has 6 heteroatoms. The molecule has 1 atom stereocenters. The number of rotatable bonds is 5. The van der Waals surface area contributed by atoms with Crippen molar-refractivity contribution in [3.8, 4) is 11.3 Å². The van der Waals surface area contributed by atoms with Crippen LogP contribution < -0.4 is 5.32 Å². The van der Waals surface area contributed by atoms with Gasteiger partial charge in [0, 0.05) is 41.4 Å². The van der Waals surface area contributed by atoms with Gasteiger partial charge in [0.15, 0.2) is 0 Å². The Morgan fingerprint density at radius 2 is 1.74 bits per heavy atom. The summed E-state index contributed by atoms with van der Waals surface area (Å²) in [7, 11) is 0. The first-order valence-corrected chi connectivity index (χ1v) is 12.0. The first-order chi connectivity index (χ1) is 16.8. The average Bonchev–Trinajstić information content (AvgIpc) is 3.56. The Hall–Kier alpha value is -3.93. The summed E-state index contributed by atoms with van der Waals surface area (Å²) in [5.74, 6) is 0.0965. The zero-order chi connectivity index (χ0) is 22.9. The predicted molar refractivity (Wildman–Crippen MR) is 132 cm³/mol. The maximum absolute atomic E-state index is 13.8. The lowest BCUT2D eigenvalue weighted by molar-refractivity contribution is 0.0585. The average molecular weight is 450 g/mol. The van der Waals surface area contributed by atoms with Crippen LogP contribution in [0.3, 0.4) is 0 Å². The number of benzene rings is 2. The monoisotopic (exact) mass is 449 g/mol. The third kappa shape index (κ3) is 3.75. The van der Waals surface area contributed by atoms with E-state index in [4.69, 9.17) is 5.10 Å². The number of aromatic nitrogens is 3. The van der Waals surface area contributed by atoms with Crippen molar-refractivity contribution in [2.24, 2.45) is 0 Å². The molecule has 2 aliphatic rings. The van der Waals surface area contributed by atoms with E-state index in [9.17, 15) is 4.79 Å². The highest BCUT2D eigenvalue weighted by Gasteiger charge is 2.40. The summed E-state index contributed by atoms with van der Waals surface area (Å²) in [5, 5.41) is 8.68. The topological polar surface area (TPSA) is 63.1 Å². The molecule has 2 aromatic carbocycles. The van der Waals surface area contributed by atoms with Gasteiger partial charge in [-0.2, -0.15) is 5.10 Å². The molecule has 0 bridgehead atoms. The van der Waals surface area contributed by atoms with Gasteiger partial charge in [-0.15, -0.1) is 0 Å². The lowest BCUT2D eigenvalue weighted by Crippen LogP contribution is -2.47. The zero-order valence-electron chi connectivity index (χ0n) is 19.0. The van der Waals surface area contributed by atoms with Crippen molar-refractivity contribution in [3.63, 3.8) is 0 Å². The lowest BCUT2D eigenvalue weighted by atomic mass is 9.99. The summed E-state index contributed by atoms with van der Waals surface area (Å²) in [6.45, 7) is 0.661. The predicted octanol–water partition coefficient (Wildman–Crippen LogP) is 5.50. The van der Waals surface area contributed by atoms with Gasteiger partial charge in [-0.05, 0) is 42.7 Å². The highest BCUT2D eigenvalue weighted by atomic mass is 16.2. The summed E-state index contributed by atoms with van der Waals surface area (Å²) in [6.07, 6.45) is 9.81. The van der Waals surface area contributed by atoms with Gasteiger partial charge < -0.3 is 10.2 Å². The minimum Gasteiger partial charge on any atom is -0.361 e. The highest BCUT2D eigenvalue weighted by Crippen LogP contribution is 2.41. The van der Waals surface area contributed by atoms with E-state index in [-0.39, 0.29) is 18.1 Å². The van der Waals surface area contributed by atoms with Gasteiger partial charge in [-0.3, -0.25) is 14.5 Å². The molecular formula is C28H27N5O. The van der Waals surface area contributed by atoms with Crippen molar-refractivity contribution in [3.05, 3.63) is 102 Å². The Balaban J connectivity index is 1.47. The molecule has 1 N–H and O–H groups in total. The highest BCUT2D eigenvalue weighted by molar-refractivity contribution is 6.02. The van der Waals surface area contributed by atoms with Crippen LogP contribution in [0.1, 0.15) is 53.3 Å². The van der Waals surface area contributed by atoms with Gasteiger partial charge in [0.05, 0.1) is 12.1 Å². The standard InChI is InChI=1S/C28H27N5O/c34-28-23-14-6-7-15-25(23)30-27(33(28)22-12-4-5-13-22)24-19-32(18-20-9-2-1-3-10-20)31-26(24)21-11-8-16-29-17-21/h1-3,6-11,14-17,19,22,27,30H,4-5,12-13,18H2. The number of amides is 1. The third-order valence-corrected chi connectivity index (χ3v) is 6.89. The van der Waals surface area contributed by atoms with Crippen LogP contribution in [0.5, 0.6) is 0 Å². The summed E-state index contributed by atoms with van der Waals surface area (Å²) in [6, 6.07) is 22.3. The lowest BCUT2D eigenvalue weighted by Gasteiger charge is -2.41. The molecule has 170 valence electrons. The van der Waals surface area contributed by atoms with E-state index in [1.165, 1.54) is 5.56 Å². The fourth-order valence-corrected chi connectivity index (χ4v) is 5.27. The first kappa shape index (κ1) is 20.7. The minimum absolute atomic E-state index is 0.0965. The molecule has 0 spiro atoms.